The Morgan fingerprint density at radius 3 is 2.37 bits per heavy atom. The fraction of sp³-hybridized carbons (Fsp3) is 0.375. The number of anilines is 1. The zero-order valence-corrected chi connectivity index (χ0v) is 23.4. The Labute approximate surface area is 243 Å². The van der Waals surface area contributed by atoms with Crippen LogP contribution in [-0.2, 0) is 16.5 Å². The molecule has 9 heteroatoms. The van der Waals surface area contributed by atoms with Crippen molar-refractivity contribution in [2.45, 2.75) is 56.3 Å². The van der Waals surface area contributed by atoms with E-state index in [-0.39, 0.29) is 12.2 Å². The van der Waals surface area contributed by atoms with E-state index >= 15 is 0 Å². The number of nitrogens with zero attached hydrogens (tertiary/aromatic N) is 2. The minimum atomic E-state index is -4.61. The van der Waals surface area contributed by atoms with E-state index in [4.69, 9.17) is 18.2 Å². The molecule has 0 spiro atoms. The van der Waals surface area contributed by atoms with Crippen molar-refractivity contribution >= 4 is 28.9 Å². The average Bonchev–Trinajstić information content (AvgIpc) is 3.52. The second-order valence-corrected chi connectivity index (χ2v) is 11.3. The van der Waals surface area contributed by atoms with Crippen LogP contribution in [0.3, 0.4) is 0 Å². The van der Waals surface area contributed by atoms with Crippen molar-refractivity contribution in [3.8, 4) is 11.1 Å². The summed E-state index contributed by atoms with van der Waals surface area (Å²) < 4.78 is 39.9. The van der Waals surface area contributed by atoms with Gasteiger partial charge in [-0.3, -0.25) is 10.1 Å². The van der Waals surface area contributed by atoms with Gasteiger partial charge in [-0.05, 0) is 66.6 Å². The van der Waals surface area contributed by atoms with E-state index in [2.05, 4.69) is 32.5 Å². The van der Waals surface area contributed by atoms with Crippen molar-refractivity contribution in [1.29, 1.82) is 0 Å². The standard InChI is InChI=1S/C32H32ClF3N4O/c1-37-25-6-4-5-23(19-25)22-9-11-24(12-10-22)31(15-17-40(18-16-31)27-7-2-3-8-27)38-21-30(41)39-26-13-14-29(33)28(20-26)32(34,35)36/h4-6,9-14,19-20,27,38H,2-3,7-8,15-18,21H2,(H,39,41). The first kappa shape index (κ1) is 29.1. The van der Waals surface area contributed by atoms with E-state index in [1.54, 1.807) is 6.07 Å². The molecule has 0 atom stereocenters. The van der Waals surface area contributed by atoms with Gasteiger partial charge in [0.1, 0.15) is 0 Å². The van der Waals surface area contributed by atoms with Gasteiger partial charge in [-0.15, -0.1) is 0 Å². The molecule has 2 N–H and O–H groups in total. The normalized spacial score (nSPS) is 17.7. The van der Waals surface area contributed by atoms with E-state index in [9.17, 15) is 18.0 Å². The molecule has 1 aliphatic carbocycles. The van der Waals surface area contributed by atoms with E-state index < -0.39 is 28.2 Å². The van der Waals surface area contributed by atoms with Crippen LogP contribution in [0.4, 0.5) is 24.5 Å². The fourth-order valence-electron chi connectivity index (χ4n) is 6.12. The molecule has 2 aliphatic rings. The zero-order chi connectivity index (χ0) is 29.0. The first-order valence-electron chi connectivity index (χ1n) is 13.9. The van der Waals surface area contributed by atoms with Crippen molar-refractivity contribution in [1.82, 2.24) is 10.2 Å². The molecule has 0 bridgehead atoms. The van der Waals surface area contributed by atoms with Crippen LogP contribution in [0.5, 0.6) is 0 Å². The lowest BCUT2D eigenvalue weighted by Crippen LogP contribution is -2.54. The maximum atomic E-state index is 13.3. The molecule has 0 radical (unpaired) electrons. The van der Waals surface area contributed by atoms with E-state index in [0.717, 1.165) is 54.8 Å². The summed E-state index contributed by atoms with van der Waals surface area (Å²) >= 11 is 5.73. The van der Waals surface area contributed by atoms with Gasteiger partial charge in [-0.2, -0.15) is 13.2 Å². The highest BCUT2D eigenvalue weighted by atomic mass is 35.5. The van der Waals surface area contributed by atoms with Gasteiger partial charge in [-0.1, -0.05) is 66.9 Å². The van der Waals surface area contributed by atoms with Gasteiger partial charge in [0.15, 0.2) is 5.69 Å². The van der Waals surface area contributed by atoms with Crippen LogP contribution in [0, 0.1) is 6.57 Å². The van der Waals surface area contributed by atoms with Crippen LogP contribution in [0.15, 0.2) is 66.7 Å². The summed E-state index contributed by atoms with van der Waals surface area (Å²) in [6.07, 6.45) is 1.98. The quantitative estimate of drug-likeness (QED) is 0.278. The number of nitrogens with one attached hydrogen (secondary N) is 2. The number of hydrogen-bond acceptors (Lipinski definition) is 3. The number of alkyl halides is 3. The highest BCUT2D eigenvalue weighted by Crippen LogP contribution is 2.38. The SMILES string of the molecule is [C-]#[N+]c1cccc(-c2ccc(C3(NCC(=O)Nc4ccc(Cl)c(C(F)(F)F)c4)CCN(C4CCCC4)CC3)cc2)c1. The van der Waals surface area contributed by atoms with Crippen molar-refractivity contribution in [2.75, 3.05) is 25.0 Å². The molecule has 3 aromatic rings. The topological polar surface area (TPSA) is 48.7 Å². The fourth-order valence-corrected chi connectivity index (χ4v) is 6.34. The van der Waals surface area contributed by atoms with E-state index in [0.29, 0.717) is 11.7 Å². The van der Waals surface area contributed by atoms with Crippen molar-refractivity contribution in [3.05, 3.63) is 94.3 Å². The first-order valence-corrected chi connectivity index (χ1v) is 14.3. The molecular weight excluding hydrogens is 549 g/mol. The molecular formula is C32H32ClF3N4O. The number of benzene rings is 3. The van der Waals surface area contributed by atoms with Crippen molar-refractivity contribution < 1.29 is 18.0 Å². The molecule has 1 saturated carbocycles. The maximum Gasteiger partial charge on any atom is 0.417 e. The summed E-state index contributed by atoms with van der Waals surface area (Å²) in [6, 6.07) is 19.7. The lowest BCUT2D eigenvalue weighted by Gasteiger charge is -2.45. The Bertz CT molecular complexity index is 1420. The molecule has 5 nitrogen and oxygen atoms in total. The van der Waals surface area contributed by atoms with E-state index in [1.165, 1.54) is 31.7 Å². The minimum absolute atomic E-state index is 0.0459. The van der Waals surface area contributed by atoms with Crippen LogP contribution < -0.4 is 10.6 Å². The van der Waals surface area contributed by atoms with Gasteiger partial charge < -0.3 is 10.2 Å². The molecule has 0 unspecified atom stereocenters. The highest BCUT2D eigenvalue weighted by Gasteiger charge is 2.38. The molecule has 3 aromatic carbocycles. The number of carbonyl (C=O) groups excluding carboxylic acids is 1. The molecule has 41 heavy (non-hydrogen) atoms. The molecule has 0 aromatic heterocycles. The number of likely N-dealkylation sites (tertiary alicyclic amines) is 1. The van der Waals surface area contributed by atoms with Crippen LogP contribution in [-0.4, -0.2) is 36.5 Å². The van der Waals surface area contributed by atoms with Crippen LogP contribution in [0.1, 0.15) is 49.7 Å². The molecule has 1 heterocycles. The molecule has 2 fully saturated rings. The third kappa shape index (κ3) is 6.75. The molecule has 1 saturated heterocycles. The summed E-state index contributed by atoms with van der Waals surface area (Å²) in [7, 11) is 0. The van der Waals surface area contributed by atoms with Crippen LogP contribution in [0.25, 0.3) is 16.0 Å². The molecule has 5 rings (SSSR count). The smallest absolute Gasteiger partial charge is 0.325 e. The number of rotatable bonds is 7. The van der Waals surface area contributed by atoms with Crippen LogP contribution in [0.2, 0.25) is 5.02 Å². The van der Waals surface area contributed by atoms with Crippen LogP contribution >= 0.6 is 11.6 Å². The average molecular weight is 581 g/mol. The summed E-state index contributed by atoms with van der Waals surface area (Å²) in [5.41, 5.74) is 2.21. The predicted molar refractivity (Wildman–Crippen MR) is 156 cm³/mol. The summed E-state index contributed by atoms with van der Waals surface area (Å²) in [4.78, 5) is 19.0. The van der Waals surface area contributed by atoms with Gasteiger partial charge >= 0.3 is 6.18 Å². The minimum Gasteiger partial charge on any atom is -0.325 e. The second-order valence-electron chi connectivity index (χ2n) is 10.9. The summed E-state index contributed by atoms with van der Waals surface area (Å²) in [5, 5.41) is 5.67. The van der Waals surface area contributed by atoms with Gasteiger partial charge in [0.2, 0.25) is 5.91 Å². The Morgan fingerprint density at radius 1 is 1.00 bits per heavy atom. The molecule has 1 amide bonds. The highest BCUT2D eigenvalue weighted by molar-refractivity contribution is 6.31. The summed E-state index contributed by atoms with van der Waals surface area (Å²) in [5.74, 6) is -0.425. The maximum absolute atomic E-state index is 13.3. The van der Waals surface area contributed by atoms with Gasteiger partial charge in [-0.25, -0.2) is 4.85 Å². The Hall–Kier alpha value is -3.38. The number of hydrogen-bond donors (Lipinski definition) is 2. The number of halogens is 4. The Balaban J connectivity index is 1.33. The van der Waals surface area contributed by atoms with Gasteiger partial charge in [0.25, 0.3) is 0 Å². The lowest BCUT2D eigenvalue weighted by atomic mass is 9.79. The Kier molecular flexibility index (Phi) is 8.69. The third-order valence-electron chi connectivity index (χ3n) is 8.38. The number of carbonyl (C=O) groups is 1. The number of piperidine rings is 1. The molecule has 1 aliphatic heterocycles. The second kappa shape index (κ2) is 12.2. The first-order chi connectivity index (χ1) is 19.7. The van der Waals surface area contributed by atoms with Gasteiger partial charge in [0.05, 0.1) is 23.7 Å². The van der Waals surface area contributed by atoms with Crippen molar-refractivity contribution in [2.24, 2.45) is 0 Å². The lowest BCUT2D eigenvalue weighted by molar-refractivity contribution is -0.137. The Morgan fingerprint density at radius 2 is 1.71 bits per heavy atom. The van der Waals surface area contributed by atoms with E-state index in [1.807, 2.05) is 30.3 Å². The van der Waals surface area contributed by atoms with Gasteiger partial charge in [0, 0.05) is 30.4 Å². The summed E-state index contributed by atoms with van der Waals surface area (Å²) in [6.45, 7) is 9.05. The number of amides is 1. The molecule has 214 valence electrons. The largest absolute Gasteiger partial charge is 0.417 e. The third-order valence-corrected chi connectivity index (χ3v) is 8.71. The zero-order valence-electron chi connectivity index (χ0n) is 22.6. The predicted octanol–water partition coefficient (Wildman–Crippen LogP) is 8.04. The monoisotopic (exact) mass is 580 g/mol. The van der Waals surface area contributed by atoms with Crippen molar-refractivity contribution in [3.63, 3.8) is 0 Å².